The molecule has 2 aliphatic rings. The lowest BCUT2D eigenvalue weighted by atomic mass is 9.84. The van der Waals surface area contributed by atoms with Crippen molar-refractivity contribution in [3.63, 3.8) is 0 Å². The first-order valence-corrected chi connectivity index (χ1v) is 8.83. The van der Waals surface area contributed by atoms with Gasteiger partial charge < -0.3 is 15.4 Å². The summed E-state index contributed by atoms with van der Waals surface area (Å²) >= 11 is 0. The van der Waals surface area contributed by atoms with Gasteiger partial charge in [-0.1, -0.05) is 24.3 Å². The van der Waals surface area contributed by atoms with Crippen molar-refractivity contribution in [3.05, 3.63) is 59.4 Å². The van der Waals surface area contributed by atoms with E-state index in [1.807, 2.05) is 0 Å². The van der Waals surface area contributed by atoms with Crippen LogP contribution < -0.4 is 15.4 Å². The summed E-state index contributed by atoms with van der Waals surface area (Å²) < 4.78 is 19.0. The number of anilines is 1. The number of aryl methyl sites for hydroxylation is 1. The number of nitrogens with one attached hydrogen (secondary N) is 2. The highest BCUT2D eigenvalue weighted by atomic mass is 19.1. The van der Waals surface area contributed by atoms with Gasteiger partial charge in [0.25, 0.3) is 5.91 Å². The van der Waals surface area contributed by atoms with Crippen molar-refractivity contribution in [2.24, 2.45) is 0 Å². The van der Waals surface area contributed by atoms with Crippen LogP contribution in [0.2, 0.25) is 0 Å². The summed E-state index contributed by atoms with van der Waals surface area (Å²) in [5.74, 6) is -1.05. The van der Waals surface area contributed by atoms with Gasteiger partial charge in [-0.05, 0) is 30.7 Å². The van der Waals surface area contributed by atoms with Gasteiger partial charge in [-0.25, -0.2) is 9.18 Å². The second kappa shape index (κ2) is 6.63. The SMILES string of the molecule is Cc1ccc(F)cc1NC(=O)CN1C(=O)N[C@]2(CCOc3ccccc32)C1=O. The van der Waals surface area contributed by atoms with Crippen LogP contribution >= 0.6 is 0 Å². The number of nitrogens with zero attached hydrogens (tertiary/aromatic N) is 1. The fourth-order valence-corrected chi connectivity index (χ4v) is 3.58. The van der Waals surface area contributed by atoms with E-state index in [0.29, 0.717) is 22.6 Å². The predicted octanol–water partition coefficient (Wildman–Crippen LogP) is 2.30. The maximum Gasteiger partial charge on any atom is 0.325 e. The molecule has 0 bridgehead atoms. The van der Waals surface area contributed by atoms with E-state index in [-0.39, 0.29) is 13.0 Å². The Labute approximate surface area is 160 Å². The molecule has 0 aliphatic carbocycles. The number of halogens is 1. The van der Waals surface area contributed by atoms with E-state index in [1.54, 1.807) is 31.2 Å². The van der Waals surface area contributed by atoms with E-state index in [9.17, 15) is 18.8 Å². The minimum absolute atomic E-state index is 0.269. The molecule has 1 fully saturated rings. The Kier molecular flexibility index (Phi) is 4.26. The van der Waals surface area contributed by atoms with E-state index in [1.165, 1.54) is 18.2 Å². The van der Waals surface area contributed by atoms with Crippen molar-refractivity contribution in [1.82, 2.24) is 10.2 Å². The van der Waals surface area contributed by atoms with Crippen LogP contribution in [-0.4, -0.2) is 35.9 Å². The third-order valence-corrected chi connectivity index (χ3v) is 5.03. The second-order valence-corrected chi connectivity index (χ2v) is 6.83. The van der Waals surface area contributed by atoms with Crippen LogP contribution in [0.5, 0.6) is 5.75 Å². The average Bonchev–Trinajstić information content (AvgIpc) is 2.90. The normalized spacial score (nSPS) is 20.6. The van der Waals surface area contributed by atoms with Crippen molar-refractivity contribution in [1.29, 1.82) is 0 Å². The highest BCUT2D eigenvalue weighted by Crippen LogP contribution is 2.40. The maximum atomic E-state index is 13.4. The summed E-state index contributed by atoms with van der Waals surface area (Å²) in [5.41, 5.74) is 0.300. The molecule has 144 valence electrons. The lowest BCUT2D eigenvalue weighted by Gasteiger charge is -2.33. The number of imide groups is 1. The number of ether oxygens (including phenoxy) is 1. The molecule has 1 saturated heterocycles. The number of urea groups is 1. The molecule has 0 saturated carbocycles. The van der Waals surface area contributed by atoms with E-state index < -0.39 is 35.7 Å². The molecule has 2 aliphatic heterocycles. The Morgan fingerprint density at radius 1 is 1.29 bits per heavy atom. The van der Waals surface area contributed by atoms with E-state index in [0.717, 1.165) is 4.90 Å². The third-order valence-electron chi connectivity index (χ3n) is 5.03. The Bertz CT molecular complexity index is 993. The number of carbonyl (C=O) groups is 3. The molecular formula is C20H18FN3O4. The molecule has 1 spiro atoms. The van der Waals surface area contributed by atoms with Crippen LogP contribution in [0, 0.1) is 12.7 Å². The second-order valence-electron chi connectivity index (χ2n) is 6.83. The zero-order valence-corrected chi connectivity index (χ0v) is 15.1. The van der Waals surface area contributed by atoms with Crippen LogP contribution in [0.25, 0.3) is 0 Å². The van der Waals surface area contributed by atoms with Crippen LogP contribution in [0.3, 0.4) is 0 Å². The van der Waals surface area contributed by atoms with Gasteiger partial charge in [-0.15, -0.1) is 0 Å². The standard InChI is InChI=1S/C20H18FN3O4/c1-12-6-7-13(21)10-15(12)22-17(25)11-24-18(26)20(23-19(24)27)8-9-28-16-5-3-2-4-14(16)20/h2-7,10H,8-9,11H2,1H3,(H,22,25)(H,23,27)/t20-/m0/s1. The molecule has 1 atom stereocenters. The first-order valence-electron chi connectivity index (χ1n) is 8.83. The molecule has 2 N–H and O–H groups in total. The summed E-state index contributed by atoms with van der Waals surface area (Å²) in [7, 11) is 0. The van der Waals surface area contributed by atoms with Crippen molar-refractivity contribution in [3.8, 4) is 5.75 Å². The first-order chi connectivity index (χ1) is 13.4. The van der Waals surface area contributed by atoms with Crippen LogP contribution in [0.4, 0.5) is 14.9 Å². The van der Waals surface area contributed by atoms with Crippen LogP contribution in [0.15, 0.2) is 42.5 Å². The first kappa shape index (κ1) is 18.0. The average molecular weight is 383 g/mol. The quantitative estimate of drug-likeness (QED) is 0.797. The van der Waals surface area contributed by atoms with Gasteiger partial charge in [0.15, 0.2) is 5.54 Å². The molecular weight excluding hydrogens is 365 g/mol. The number of hydrogen-bond donors (Lipinski definition) is 2. The Hall–Kier alpha value is -3.42. The number of carbonyl (C=O) groups excluding carboxylic acids is 3. The van der Waals surface area contributed by atoms with Gasteiger partial charge >= 0.3 is 6.03 Å². The molecule has 28 heavy (non-hydrogen) atoms. The number of amides is 4. The van der Waals surface area contributed by atoms with Gasteiger partial charge in [0.1, 0.15) is 18.1 Å². The molecule has 2 heterocycles. The fourth-order valence-electron chi connectivity index (χ4n) is 3.58. The topological polar surface area (TPSA) is 87.7 Å². The van der Waals surface area contributed by atoms with Crippen LogP contribution in [0.1, 0.15) is 17.5 Å². The molecule has 2 aromatic carbocycles. The summed E-state index contributed by atoms with van der Waals surface area (Å²) in [5, 5.41) is 5.28. The minimum atomic E-state index is -1.24. The summed E-state index contributed by atoms with van der Waals surface area (Å²) in [6.45, 7) is 1.52. The molecule has 7 nitrogen and oxygen atoms in total. The Balaban J connectivity index is 1.56. The highest BCUT2D eigenvalue weighted by molar-refractivity contribution is 6.10. The lowest BCUT2D eigenvalue weighted by Crippen LogP contribution is -2.48. The summed E-state index contributed by atoms with van der Waals surface area (Å²) in [6, 6.07) is 10.4. The third kappa shape index (κ3) is 2.87. The largest absolute Gasteiger partial charge is 0.493 e. The zero-order chi connectivity index (χ0) is 19.9. The molecule has 0 aromatic heterocycles. The monoisotopic (exact) mass is 383 g/mol. The number of rotatable bonds is 3. The van der Waals surface area contributed by atoms with Crippen molar-refractivity contribution in [2.45, 2.75) is 18.9 Å². The molecule has 8 heteroatoms. The van der Waals surface area contributed by atoms with Crippen LogP contribution in [-0.2, 0) is 15.1 Å². The molecule has 4 amide bonds. The van der Waals surface area contributed by atoms with E-state index in [2.05, 4.69) is 10.6 Å². The van der Waals surface area contributed by atoms with Gasteiger partial charge in [-0.3, -0.25) is 14.5 Å². The smallest absolute Gasteiger partial charge is 0.325 e. The number of benzene rings is 2. The highest BCUT2D eigenvalue weighted by Gasteiger charge is 2.55. The maximum absolute atomic E-state index is 13.4. The molecule has 2 aromatic rings. The van der Waals surface area contributed by atoms with Gasteiger partial charge in [-0.2, -0.15) is 0 Å². The Morgan fingerprint density at radius 3 is 2.89 bits per heavy atom. The van der Waals surface area contributed by atoms with Crippen molar-refractivity contribution < 1.29 is 23.5 Å². The van der Waals surface area contributed by atoms with Crippen molar-refractivity contribution >= 4 is 23.5 Å². The fraction of sp³-hybridized carbons (Fsp3) is 0.250. The van der Waals surface area contributed by atoms with Gasteiger partial charge in [0.05, 0.1) is 6.61 Å². The molecule has 4 rings (SSSR count). The number of hydrogen-bond acceptors (Lipinski definition) is 4. The molecule has 0 unspecified atom stereocenters. The molecule has 0 radical (unpaired) electrons. The van der Waals surface area contributed by atoms with E-state index in [4.69, 9.17) is 4.74 Å². The zero-order valence-electron chi connectivity index (χ0n) is 15.1. The Morgan fingerprint density at radius 2 is 2.07 bits per heavy atom. The summed E-state index contributed by atoms with van der Waals surface area (Å²) in [4.78, 5) is 38.9. The predicted molar refractivity (Wildman–Crippen MR) is 98.2 cm³/mol. The number of fused-ring (bicyclic) bond motifs is 2. The van der Waals surface area contributed by atoms with Gasteiger partial charge in [0, 0.05) is 17.7 Å². The minimum Gasteiger partial charge on any atom is -0.493 e. The van der Waals surface area contributed by atoms with E-state index >= 15 is 0 Å². The lowest BCUT2D eigenvalue weighted by molar-refractivity contribution is -0.135. The van der Waals surface area contributed by atoms with Crippen molar-refractivity contribution in [2.75, 3.05) is 18.5 Å². The van der Waals surface area contributed by atoms with Gasteiger partial charge in [0.2, 0.25) is 5.91 Å². The summed E-state index contributed by atoms with van der Waals surface area (Å²) in [6.07, 6.45) is 0.274. The number of para-hydroxylation sites is 1.